The zero-order valence-electron chi connectivity index (χ0n) is 25.1. The molecule has 0 spiro atoms. The normalized spacial score (nSPS) is 15.3. The van der Waals surface area contributed by atoms with Crippen LogP contribution < -0.4 is 21.1 Å². The van der Waals surface area contributed by atoms with E-state index < -0.39 is 0 Å². The fourth-order valence-corrected chi connectivity index (χ4v) is 6.32. The maximum atomic E-state index is 13.5. The minimum absolute atomic E-state index is 0.0692. The zero-order valence-corrected chi connectivity index (χ0v) is 25.9. The summed E-state index contributed by atoms with van der Waals surface area (Å²) >= 11 is 1.71. The second-order valence-electron chi connectivity index (χ2n) is 11.6. The van der Waals surface area contributed by atoms with Gasteiger partial charge in [-0.3, -0.25) is 19.2 Å². The molecular formula is C34H37N5O5S. The number of nitrogens with one attached hydrogen (secondary N) is 2. The van der Waals surface area contributed by atoms with Gasteiger partial charge in [0, 0.05) is 67.0 Å². The summed E-state index contributed by atoms with van der Waals surface area (Å²) in [5.41, 5.74) is 11.0. The topological polar surface area (TPSA) is 134 Å². The number of thioether (sulfide) groups is 1. The van der Waals surface area contributed by atoms with Gasteiger partial charge in [0.1, 0.15) is 5.75 Å². The first-order valence-corrected chi connectivity index (χ1v) is 16.5. The quantitative estimate of drug-likeness (QED) is 0.273. The van der Waals surface area contributed by atoms with Gasteiger partial charge in [-0.2, -0.15) is 11.8 Å². The van der Waals surface area contributed by atoms with Crippen molar-refractivity contribution < 1.29 is 23.9 Å². The van der Waals surface area contributed by atoms with E-state index in [9.17, 15) is 19.2 Å². The molecule has 0 aromatic heterocycles. The maximum absolute atomic E-state index is 13.5. The first-order chi connectivity index (χ1) is 21.9. The predicted molar refractivity (Wildman–Crippen MR) is 174 cm³/mol. The summed E-state index contributed by atoms with van der Waals surface area (Å²) in [7, 11) is 0. The number of anilines is 2. The summed E-state index contributed by atoms with van der Waals surface area (Å²) in [6.07, 6.45) is 3.18. The third kappa shape index (κ3) is 7.49. The lowest BCUT2D eigenvalue weighted by Gasteiger charge is -2.29. The molecule has 234 valence electrons. The van der Waals surface area contributed by atoms with Gasteiger partial charge in [-0.05, 0) is 78.4 Å². The molecule has 0 unspecified atom stereocenters. The number of hydrogen-bond donors (Lipinski definition) is 3. The van der Waals surface area contributed by atoms with Crippen LogP contribution in [0.3, 0.4) is 0 Å². The molecule has 3 aliphatic rings. The van der Waals surface area contributed by atoms with Crippen LogP contribution in [0.4, 0.5) is 11.4 Å². The van der Waals surface area contributed by atoms with Crippen molar-refractivity contribution in [3.05, 3.63) is 88.5 Å². The van der Waals surface area contributed by atoms with Gasteiger partial charge in [0.25, 0.3) is 17.7 Å². The number of ether oxygens (including phenoxy) is 1. The Morgan fingerprint density at radius 2 is 1.80 bits per heavy atom. The molecule has 0 radical (unpaired) electrons. The van der Waals surface area contributed by atoms with E-state index in [1.165, 1.54) is 0 Å². The molecule has 0 saturated heterocycles. The SMILES string of the molecule is NCCSCCC(=O)N1CCc2cc(NC(=O)c3ccc(CN(C(=O)c4ccc5c(c4)OCC(=O)N5)C4CC4)cc3)ccc2C1. The van der Waals surface area contributed by atoms with E-state index in [0.717, 1.165) is 53.1 Å². The molecule has 2 aliphatic heterocycles. The summed E-state index contributed by atoms with van der Waals surface area (Å²) < 4.78 is 5.50. The third-order valence-corrected chi connectivity index (χ3v) is 9.25. The van der Waals surface area contributed by atoms with E-state index >= 15 is 0 Å². The van der Waals surface area contributed by atoms with Gasteiger partial charge in [-0.1, -0.05) is 18.2 Å². The van der Waals surface area contributed by atoms with E-state index in [1.807, 2.05) is 40.1 Å². The minimum Gasteiger partial charge on any atom is -0.482 e. The van der Waals surface area contributed by atoms with Gasteiger partial charge < -0.3 is 30.9 Å². The Bertz CT molecular complexity index is 1610. The van der Waals surface area contributed by atoms with Crippen LogP contribution in [0.15, 0.2) is 60.7 Å². The van der Waals surface area contributed by atoms with Crippen molar-refractivity contribution in [2.24, 2.45) is 5.73 Å². The third-order valence-electron chi connectivity index (χ3n) is 8.23. The van der Waals surface area contributed by atoms with Gasteiger partial charge in [-0.25, -0.2) is 0 Å². The van der Waals surface area contributed by atoms with E-state index in [2.05, 4.69) is 10.6 Å². The fourth-order valence-electron chi connectivity index (χ4n) is 5.63. The van der Waals surface area contributed by atoms with Crippen LogP contribution in [0.5, 0.6) is 5.75 Å². The smallest absolute Gasteiger partial charge is 0.262 e. The van der Waals surface area contributed by atoms with Crippen LogP contribution in [-0.4, -0.2) is 70.7 Å². The van der Waals surface area contributed by atoms with Crippen molar-refractivity contribution in [3.63, 3.8) is 0 Å². The molecule has 10 nitrogen and oxygen atoms in total. The summed E-state index contributed by atoms with van der Waals surface area (Å²) in [5, 5.41) is 5.75. The Balaban J connectivity index is 1.04. The van der Waals surface area contributed by atoms with Crippen molar-refractivity contribution in [2.45, 2.75) is 44.8 Å². The Morgan fingerprint density at radius 3 is 2.58 bits per heavy atom. The highest BCUT2D eigenvalue weighted by Crippen LogP contribution is 2.33. The van der Waals surface area contributed by atoms with Crippen LogP contribution in [0, 0.1) is 0 Å². The summed E-state index contributed by atoms with van der Waals surface area (Å²) in [5.74, 6) is 1.80. The number of rotatable bonds is 11. The van der Waals surface area contributed by atoms with Gasteiger partial charge in [0.05, 0.1) is 5.69 Å². The summed E-state index contributed by atoms with van der Waals surface area (Å²) in [4.78, 5) is 54.5. The van der Waals surface area contributed by atoms with E-state index in [1.54, 1.807) is 42.1 Å². The van der Waals surface area contributed by atoms with Crippen molar-refractivity contribution in [1.29, 1.82) is 0 Å². The molecule has 3 aromatic carbocycles. The highest BCUT2D eigenvalue weighted by Gasteiger charge is 2.33. The van der Waals surface area contributed by atoms with Crippen LogP contribution >= 0.6 is 11.8 Å². The first kappa shape index (κ1) is 30.7. The van der Waals surface area contributed by atoms with Crippen molar-refractivity contribution in [2.75, 3.05) is 41.8 Å². The lowest BCUT2D eigenvalue weighted by Crippen LogP contribution is -2.36. The Kier molecular flexibility index (Phi) is 9.37. The van der Waals surface area contributed by atoms with Gasteiger partial charge in [0.2, 0.25) is 5.91 Å². The number of carbonyl (C=O) groups is 4. The first-order valence-electron chi connectivity index (χ1n) is 15.3. The molecule has 11 heteroatoms. The molecule has 2 heterocycles. The second-order valence-corrected chi connectivity index (χ2v) is 12.8. The zero-order chi connectivity index (χ0) is 31.3. The van der Waals surface area contributed by atoms with E-state index in [4.69, 9.17) is 10.5 Å². The van der Waals surface area contributed by atoms with Crippen LogP contribution in [0.2, 0.25) is 0 Å². The number of nitrogens with zero attached hydrogens (tertiary/aromatic N) is 2. The van der Waals surface area contributed by atoms with Gasteiger partial charge >= 0.3 is 0 Å². The lowest BCUT2D eigenvalue weighted by molar-refractivity contribution is -0.131. The molecule has 0 bridgehead atoms. The van der Waals surface area contributed by atoms with Crippen molar-refractivity contribution >= 4 is 46.8 Å². The highest BCUT2D eigenvalue weighted by atomic mass is 32.2. The minimum atomic E-state index is -0.216. The van der Waals surface area contributed by atoms with Gasteiger partial charge in [0.15, 0.2) is 6.61 Å². The fraction of sp³-hybridized carbons (Fsp3) is 0.353. The Labute approximate surface area is 266 Å². The number of amides is 4. The predicted octanol–water partition coefficient (Wildman–Crippen LogP) is 4.04. The highest BCUT2D eigenvalue weighted by molar-refractivity contribution is 7.99. The van der Waals surface area contributed by atoms with Crippen LogP contribution in [0.1, 0.15) is 56.7 Å². The summed E-state index contributed by atoms with van der Waals surface area (Å²) in [6, 6.07) is 18.5. The average molecular weight is 628 g/mol. The second kappa shape index (κ2) is 13.7. The molecule has 1 fully saturated rings. The molecule has 6 rings (SSSR count). The number of fused-ring (bicyclic) bond motifs is 2. The number of benzene rings is 3. The van der Waals surface area contributed by atoms with Crippen molar-refractivity contribution in [1.82, 2.24) is 9.80 Å². The number of carbonyl (C=O) groups excluding carboxylic acids is 4. The Hall–Kier alpha value is -4.35. The largest absolute Gasteiger partial charge is 0.482 e. The summed E-state index contributed by atoms with van der Waals surface area (Å²) in [6.45, 7) is 2.24. The lowest BCUT2D eigenvalue weighted by atomic mass is 9.98. The molecule has 1 aliphatic carbocycles. The van der Waals surface area contributed by atoms with Crippen LogP contribution in [0.25, 0.3) is 0 Å². The van der Waals surface area contributed by atoms with E-state index in [0.29, 0.717) is 55.2 Å². The molecule has 45 heavy (non-hydrogen) atoms. The van der Waals surface area contributed by atoms with Crippen LogP contribution in [-0.2, 0) is 29.1 Å². The molecular weight excluding hydrogens is 590 g/mol. The number of nitrogens with two attached hydrogens (primary N) is 1. The Morgan fingerprint density at radius 1 is 1.00 bits per heavy atom. The standard InChI is InChI=1S/C34H37N5O5S/c35-13-16-45-15-12-32(41)38-14-11-24-17-27(7-5-26(24)20-38)36-33(42)23-3-1-22(2-4-23)19-39(28-8-9-28)34(43)25-6-10-29-30(18-25)44-21-31(40)37-29/h1-7,10,17-18,28H,8-9,11-16,19-21,35H2,(H,36,42)(H,37,40). The molecule has 4 N–H and O–H groups in total. The molecule has 1 saturated carbocycles. The van der Waals surface area contributed by atoms with E-state index in [-0.39, 0.29) is 36.3 Å². The number of hydrogen-bond acceptors (Lipinski definition) is 7. The monoisotopic (exact) mass is 627 g/mol. The van der Waals surface area contributed by atoms with Crippen molar-refractivity contribution in [3.8, 4) is 5.75 Å². The molecule has 4 amide bonds. The maximum Gasteiger partial charge on any atom is 0.262 e. The molecule has 0 atom stereocenters. The van der Waals surface area contributed by atoms with Gasteiger partial charge in [-0.15, -0.1) is 0 Å². The average Bonchev–Trinajstić information content (AvgIpc) is 3.90. The molecule has 3 aromatic rings.